The number of anilines is 1. The summed E-state index contributed by atoms with van der Waals surface area (Å²) in [5.41, 5.74) is 1.89. The van der Waals surface area contributed by atoms with Crippen LogP contribution in [0.25, 0.3) is 0 Å². The topological polar surface area (TPSA) is 29.5 Å². The van der Waals surface area contributed by atoms with E-state index in [1.807, 2.05) is 83.8 Å². The molecule has 3 aromatic carbocycles. The molecule has 1 aliphatic rings. The second-order valence-corrected chi connectivity index (χ2v) is 7.85. The Balaban J connectivity index is 1.71. The van der Waals surface area contributed by atoms with Crippen molar-refractivity contribution >= 4 is 39.3 Å². The van der Waals surface area contributed by atoms with E-state index in [0.29, 0.717) is 11.5 Å². The van der Waals surface area contributed by atoms with Gasteiger partial charge in [-0.25, -0.2) is 0 Å². The van der Waals surface area contributed by atoms with Crippen LogP contribution in [0.3, 0.4) is 0 Å². The number of halogens is 1. The van der Waals surface area contributed by atoms with Crippen LogP contribution in [-0.2, 0) is 4.79 Å². The number of carbonyl (C=O) groups is 1. The van der Waals surface area contributed by atoms with Crippen molar-refractivity contribution in [3.63, 3.8) is 0 Å². The number of para-hydroxylation sites is 3. The van der Waals surface area contributed by atoms with Crippen LogP contribution < -0.4 is 9.64 Å². The number of thioether (sulfide) groups is 1. The van der Waals surface area contributed by atoms with Crippen molar-refractivity contribution in [3.8, 4) is 11.5 Å². The molecule has 1 heterocycles. The highest BCUT2D eigenvalue weighted by molar-refractivity contribution is 9.10. The fourth-order valence-corrected chi connectivity index (χ4v) is 4.35. The van der Waals surface area contributed by atoms with Crippen LogP contribution in [-0.4, -0.2) is 11.7 Å². The molecule has 1 aliphatic heterocycles. The largest absolute Gasteiger partial charge is 0.455 e. The molecule has 3 aromatic rings. The molecule has 0 bridgehead atoms. The van der Waals surface area contributed by atoms with E-state index in [4.69, 9.17) is 4.74 Å². The maximum Gasteiger partial charge on any atom is 0.238 e. The number of nitrogens with zero attached hydrogens (tertiary/aromatic N) is 1. The maximum absolute atomic E-state index is 12.7. The van der Waals surface area contributed by atoms with Crippen molar-refractivity contribution in [1.29, 1.82) is 0 Å². The Morgan fingerprint density at radius 2 is 1.62 bits per heavy atom. The van der Waals surface area contributed by atoms with E-state index in [0.717, 1.165) is 21.5 Å². The first-order valence-electron chi connectivity index (χ1n) is 8.23. The third-order valence-corrected chi connectivity index (χ3v) is 5.86. The molecule has 26 heavy (non-hydrogen) atoms. The zero-order valence-electron chi connectivity index (χ0n) is 13.8. The molecule has 5 heteroatoms. The molecule has 0 saturated carbocycles. The molecule has 0 aliphatic carbocycles. The summed E-state index contributed by atoms with van der Waals surface area (Å²) >= 11 is 5.10. The van der Waals surface area contributed by atoms with Gasteiger partial charge in [0.15, 0.2) is 5.75 Å². The number of hydrogen-bond donors (Lipinski definition) is 0. The monoisotopic (exact) mass is 425 g/mol. The van der Waals surface area contributed by atoms with Gasteiger partial charge >= 0.3 is 0 Å². The molecule has 0 radical (unpaired) electrons. The molecule has 3 nitrogen and oxygen atoms in total. The zero-order chi connectivity index (χ0) is 17.9. The van der Waals surface area contributed by atoms with Crippen LogP contribution >= 0.6 is 27.7 Å². The summed E-state index contributed by atoms with van der Waals surface area (Å²) in [5.74, 6) is 1.98. The Morgan fingerprint density at radius 3 is 2.38 bits per heavy atom. The summed E-state index contributed by atoms with van der Waals surface area (Å²) in [7, 11) is 0. The minimum absolute atomic E-state index is 0.0591. The van der Waals surface area contributed by atoms with Gasteiger partial charge in [0.1, 0.15) is 11.1 Å². The van der Waals surface area contributed by atoms with Crippen molar-refractivity contribution in [2.45, 2.75) is 5.37 Å². The summed E-state index contributed by atoms with van der Waals surface area (Å²) in [6, 6.07) is 25.4. The van der Waals surface area contributed by atoms with Gasteiger partial charge in [-0.05, 0) is 42.0 Å². The van der Waals surface area contributed by atoms with E-state index in [1.54, 1.807) is 11.8 Å². The lowest BCUT2D eigenvalue weighted by atomic mass is 10.2. The lowest BCUT2D eigenvalue weighted by Gasteiger charge is -2.26. The molecule has 130 valence electrons. The summed E-state index contributed by atoms with van der Waals surface area (Å²) < 4.78 is 7.09. The average Bonchev–Trinajstić information content (AvgIpc) is 3.05. The molecular weight excluding hydrogens is 410 g/mol. The molecule has 0 spiro atoms. The lowest BCUT2D eigenvalue weighted by Crippen LogP contribution is -2.28. The first-order valence-corrected chi connectivity index (χ1v) is 10.1. The number of amides is 1. The third kappa shape index (κ3) is 3.50. The molecular formula is C21H16BrNO2S. The van der Waals surface area contributed by atoms with Gasteiger partial charge in [0.2, 0.25) is 5.91 Å². The van der Waals surface area contributed by atoms with Gasteiger partial charge in [-0.1, -0.05) is 58.4 Å². The molecule has 4 rings (SSSR count). The maximum atomic E-state index is 12.7. The first-order chi connectivity index (χ1) is 12.7. The molecule has 1 amide bonds. The van der Waals surface area contributed by atoms with E-state index in [2.05, 4.69) is 15.9 Å². The Hall–Kier alpha value is -2.24. The minimum Gasteiger partial charge on any atom is -0.455 e. The highest BCUT2D eigenvalue weighted by Gasteiger charge is 2.35. The highest BCUT2D eigenvalue weighted by Crippen LogP contribution is 2.45. The van der Waals surface area contributed by atoms with Crippen LogP contribution in [0.2, 0.25) is 0 Å². The summed E-state index contributed by atoms with van der Waals surface area (Å²) in [4.78, 5) is 14.5. The summed E-state index contributed by atoms with van der Waals surface area (Å²) in [5, 5.41) is -0.0591. The van der Waals surface area contributed by atoms with E-state index in [9.17, 15) is 4.79 Å². The van der Waals surface area contributed by atoms with Crippen molar-refractivity contribution in [1.82, 2.24) is 0 Å². The minimum atomic E-state index is -0.0591. The predicted octanol–water partition coefficient (Wildman–Crippen LogP) is 6.02. The van der Waals surface area contributed by atoms with Gasteiger partial charge in [0.25, 0.3) is 0 Å². The van der Waals surface area contributed by atoms with E-state index >= 15 is 0 Å². The Labute approximate surface area is 165 Å². The summed E-state index contributed by atoms with van der Waals surface area (Å²) in [6.07, 6.45) is 0. The quantitative estimate of drug-likeness (QED) is 0.511. The number of rotatable bonds is 4. The molecule has 1 saturated heterocycles. The second-order valence-electron chi connectivity index (χ2n) is 5.86. The number of hydrogen-bond acceptors (Lipinski definition) is 3. The van der Waals surface area contributed by atoms with Gasteiger partial charge < -0.3 is 4.74 Å². The van der Waals surface area contributed by atoms with Crippen LogP contribution in [0.15, 0.2) is 83.3 Å². The SMILES string of the molecule is O=C1CS[C@@H](c2ccc(Br)cc2)N1c1ccccc1Oc1ccccc1. The smallest absolute Gasteiger partial charge is 0.238 e. The van der Waals surface area contributed by atoms with Gasteiger partial charge in [-0.15, -0.1) is 11.8 Å². The highest BCUT2D eigenvalue weighted by atomic mass is 79.9. The second kappa shape index (κ2) is 7.56. The van der Waals surface area contributed by atoms with Crippen molar-refractivity contribution < 1.29 is 9.53 Å². The molecule has 1 atom stereocenters. The molecule has 0 aromatic heterocycles. The third-order valence-electron chi connectivity index (χ3n) is 4.12. The van der Waals surface area contributed by atoms with Crippen molar-refractivity contribution in [2.75, 3.05) is 10.7 Å². The van der Waals surface area contributed by atoms with E-state index < -0.39 is 0 Å². The summed E-state index contributed by atoms with van der Waals surface area (Å²) in [6.45, 7) is 0. The van der Waals surface area contributed by atoms with Gasteiger partial charge in [0.05, 0.1) is 11.4 Å². The van der Waals surface area contributed by atoms with Crippen molar-refractivity contribution in [2.24, 2.45) is 0 Å². The van der Waals surface area contributed by atoms with E-state index in [1.165, 1.54) is 0 Å². The number of carbonyl (C=O) groups excluding carboxylic acids is 1. The van der Waals surface area contributed by atoms with Crippen LogP contribution in [0.5, 0.6) is 11.5 Å². The zero-order valence-corrected chi connectivity index (χ0v) is 16.2. The van der Waals surface area contributed by atoms with Gasteiger partial charge in [-0.2, -0.15) is 0 Å². The average molecular weight is 426 g/mol. The number of benzene rings is 3. The van der Waals surface area contributed by atoms with Crippen LogP contribution in [0.1, 0.15) is 10.9 Å². The Bertz CT molecular complexity index is 915. The fourth-order valence-electron chi connectivity index (χ4n) is 2.92. The van der Waals surface area contributed by atoms with E-state index in [-0.39, 0.29) is 11.3 Å². The van der Waals surface area contributed by atoms with Crippen molar-refractivity contribution in [3.05, 3.63) is 88.9 Å². The lowest BCUT2D eigenvalue weighted by molar-refractivity contribution is -0.115. The van der Waals surface area contributed by atoms with Crippen LogP contribution in [0, 0.1) is 0 Å². The Morgan fingerprint density at radius 1 is 0.923 bits per heavy atom. The molecule has 0 unspecified atom stereocenters. The van der Waals surface area contributed by atoms with Gasteiger partial charge in [0, 0.05) is 4.47 Å². The number of ether oxygens (including phenoxy) is 1. The fraction of sp³-hybridized carbons (Fsp3) is 0.0952. The standard InChI is InChI=1S/C21H16BrNO2S/c22-16-12-10-15(11-13-16)21-23(20(24)14-26-21)18-8-4-5-9-19(18)25-17-6-2-1-3-7-17/h1-13,21H,14H2/t21-/m0/s1. The first kappa shape index (κ1) is 17.2. The van der Waals surface area contributed by atoms with Gasteiger partial charge in [-0.3, -0.25) is 9.69 Å². The molecule has 0 N–H and O–H groups in total. The predicted molar refractivity (Wildman–Crippen MR) is 110 cm³/mol. The Kier molecular flexibility index (Phi) is 5.00. The normalized spacial score (nSPS) is 16.7. The van der Waals surface area contributed by atoms with Crippen LogP contribution in [0.4, 0.5) is 5.69 Å². The molecule has 1 fully saturated rings.